The molecule has 3 N–H and O–H groups in total. The van der Waals surface area contributed by atoms with E-state index in [1.165, 1.54) is 4.90 Å². The number of hydrogen-bond donors (Lipinski definition) is 2. The van der Waals surface area contributed by atoms with Crippen molar-refractivity contribution in [2.75, 3.05) is 59.0 Å². The number of amides is 2. The van der Waals surface area contributed by atoms with Crippen LogP contribution >= 0.6 is 0 Å². The average molecular weight is 348 g/mol. The van der Waals surface area contributed by atoms with Crippen molar-refractivity contribution in [3.05, 3.63) is 35.9 Å². The molecule has 1 heterocycles. The Balaban J connectivity index is 1.72. The molecule has 7 nitrogen and oxygen atoms in total. The van der Waals surface area contributed by atoms with Crippen LogP contribution in [0.4, 0.5) is 0 Å². The maximum Gasteiger partial charge on any atom is 0.237 e. The number of nitrogens with zero attached hydrogens (tertiary/aromatic N) is 2. The molecule has 25 heavy (non-hydrogen) atoms. The zero-order chi connectivity index (χ0) is 17.9. The summed E-state index contributed by atoms with van der Waals surface area (Å²) < 4.78 is 5.31. The number of carbonyl (C=O) groups excluding carboxylic acids is 2. The number of carbonyl (C=O) groups is 2. The summed E-state index contributed by atoms with van der Waals surface area (Å²) >= 11 is 0. The highest BCUT2D eigenvalue weighted by atomic mass is 16.5. The van der Waals surface area contributed by atoms with Crippen molar-refractivity contribution in [2.24, 2.45) is 5.73 Å². The van der Waals surface area contributed by atoms with Crippen molar-refractivity contribution in [1.82, 2.24) is 15.1 Å². The average Bonchev–Trinajstić information content (AvgIpc) is 2.63. The molecule has 0 bridgehead atoms. The van der Waals surface area contributed by atoms with Gasteiger partial charge in [0.05, 0.1) is 26.3 Å². The number of rotatable bonds is 10. The molecule has 1 aliphatic rings. The number of hydrogen-bond acceptors (Lipinski definition) is 5. The molecule has 0 atom stereocenters. The van der Waals surface area contributed by atoms with E-state index in [4.69, 9.17) is 10.5 Å². The topological polar surface area (TPSA) is 87.9 Å². The first-order valence-corrected chi connectivity index (χ1v) is 8.76. The molecule has 1 aliphatic heterocycles. The molecular weight excluding hydrogens is 320 g/mol. The lowest BCUT2D eigenvalue weighted by atomic mass is 10.1. The minimum Gasteiger partial charge on any atom is -0.379 e. The van der Waals surface area contributed by atoms with Gasteiger partial charge >= 0.3 is 0 Å². The van der Waals surface area contributed by atoms with E-state index in [0.717, 1.165) is 45.0 Å². The van der Waals surface area contributed by atoms with E-state index in [0.29, 0.717) is 13.0 Å². The molecule has 0 saturated carbocycles. The second-order valence-corrected chi connectivity index (χ2v) is 6.15. The fraction of sp³-hybridized carbons (Fsp3) is 0.556. The SMILES string of the molecule is NC(=O)CN(CCc1ccccc1)C(=O)CNCCN1CCOCC1. The first-order chi connectivity index (χ1) is 12.1. The van der Waals surface area contributed by atoms with Crippen molar-refractivity contribution in [3.63, 3.8) is 0 Å². The van der Waals surface area contributed by atoms with E-state index in [2.05, 4.69) is 10.2 Å². The lowest BCUT2D eigenvalue weighted by molar-refractivity contribution is -0.134. The van der Waals surface area contributed by atoms with Crippen LogP contribution in [0.5, 0.6) is 0 Å². The van der Waals surface area contributed by atoms with Crippen molar-refractivity contribution in [2.45, 2.75) is 6.42 Å². The Labute approximate surface area is 149 Å². The molecule has 0 radical (unpaired) electrons. The van der Waals surface area contributed by atoms with Gasteiger partial charge in [0.15, 0.2) is 0 Å². The fourth-order valence-corrected chi connectivity index (χ4v) is 2.76. The molecule has 1 fully saturated rings. The summed E-state index contributed by atoms with van der Waals surface area (Å²) in [5.74, 6) is -0.591. The van der Waals surface area contributed by atoms with Crippen LogP contribution in [-0.2, 0) is 20.7 Å². The molecular formula is C18H28N4O3. The maximum absolute atomic E-state index is 12.4. The van der Waals surface area contributed by atoms with Gasteiger partial charge in [-0.1, -0.05) is 30.3 Å². The molecule has 1 saturated heterocycles. The smallest absolute Gasteiger partial charge is 0.237 e. The van der Waals surface area contributed by atoms with Gasteiger partial charge in [-0.2, -0.15) is 0 Å². The third kappa shape index (κ3) is 7.64. The minimum absolute atomic E-state index is 0.0448. The highest BCUT2D eigenvalue weighted by Gasteiger charge is 2.16. The highest BCUT2D eigenvalue weighted by molar-refractivity contribution is 5.84. The number of benzene rings is 1. The maximum atomic E-state index is 12.4. The van der Waals surface area contributed by atoms with E-state index in [1.807, 2.05) is 30.3 Å². The molecule has 2 rings (SSSR count). The number of primary amides is 1. The summed E-state index contributed by atoms with van der Waals surface area (Å²) in [6, 6.07) is 9.89. The third-order valence-corrected chi connectivity index (χ3v) is 4.20. The molecule has 0 aromatic heterocycles. The van der Waals surface area contributed by atoms with Gasteiger partial charge in [-0.05, 0) is 12.0 Å². The largest absolute Gasteiger partial charge is 0.379 e. The molecule has 0 unspecified atom stereocenters. The van der Waals surface area contributed by atoms with Crippen molar-refractivity contribution in [3.8, 4) is 0 Å². The summed E-state index contributed by atoms with van der Waals surface area (Å²) in [6.45, 7) is 5.67. The van der Waals surface area contributed by atoms with E-state index < -0.39 is 5.91 Å². The van der Waals surface area contributed by atoms with E-state index in [9.17, 15) is 9.59 Å². The van der Waals surface area contributed by atoms with Gasteiger partial charge in [-0.25, -0.2) is 0 Å². The predicted molar refractivity (Wildman–Crippen MR) is 96.0 cm³/mol. The monoisotopic (exact) mass is 348 g/mol. The van der Waals surface area contributed by atoms with Gasteiger partial charge < -0.3 is 20.7 Å². The fourth-order valence-electron chi connectivity index (χ4n) is 2.76. The van der Waals surface area contributed by atoms with Crippen LogP contribution in [0.15, 0.2) is 30.3 Å². The van der Waals surface area contributed by atoms with Crippen LogP contribution in [0, 0.1) is 0 Å². The molecule has 1 aromatic carbocycles. The summed E-state index contributed by atoms with van der Waals surface area (Å²) in [5.41, 5.74) is 6.41. The Kier molecular flexibility index (Phi) is 8.38. The predicted octanol–water partition coefficient (Wildman–Crippen LogP) is -0.535. The highest BCUT2D eigenvalue weighted by Crippen LogP contribution is 2.02. The standard InChI is InChI=1S/C18H28N4O3/c19-17(23)15-22(8-6-16-4-2-1-3-5-16)18(24)14-20-7-9-21-10-12-25-13-11-21/h1-5,20H,6-15H2,(H2,19,23). The Morgan fingerprint density at radius 3 is 2.60 bits per heavy atom. The lowest BCUT2D eigenvalue weighted by Crippen LogP contribution is -2.45. The lowest BCUT2D eigenvalue weighted by Gasteiger charge is -2.26. The first-order valence-electron chi connectivity index (χ1n) is 8.76. The summed E-state index contributed by atoms with van der Waals surface area (Å²) in [4.78, 5) is 27.5. The number of nitrogens with one attached hydrogen (secondary N) is 1. The van der Waals surface area contributed by atoms with E-state index in [1.54, 1.807) is 0 Å². The Bertz CT molecular complexity index is 532. The summed E-state index contributed by atoms with van der Waals surface area (Å²) in [5, 5.41) is 3.16. The van der Waals surface area contributed by atoms with E-state index >= 15 is 0 Å². The van der Waals surface area contributed by atoms with Crippen LogP contribution in [0.1, 0.15) is 5.56 Å². The first kappa shape index (κ1) is 19.4. The van der Waals surface area contributed by atoms with Gasteiger partial charge in [0.1, 0.15) is 0 Å². The number of ether oxygens (including phenoxy) is 1. The van der Waals surface area contributed by atoms with Crippen LogP contribution < -0.4 is 11.1 Å². The molecule has 138 valence electrons. The van der Waals surface area contributed by atoms with Crippen molar-refractivity contribution in [1.29, 1.82) is 0 Å². The second-order valence-electron chi connectivity index (χ2n) is 6.15. The molecule has 7 heteroatoms. The van der Waals surface area contributed by atoms with Crippen molar-refractivity contribution >= 4 is 11.8 Å². The third-order valence-electron chi connectivity index (χ3n) is 4.20. The molecule has 2 amide bonds. The van der Waals surface area contributed by atoms with Gasteiger partial charge in [-0.15, -0.1) is 0 Å². The van der Waals surface area contributed by atoms with Gasteiger partial charge in [0.2, 0.25) is 11.8 Å². The zero-order valence-electron chi connectivity index (χ0n) is 14.7. The van der Waals surface area contributed by atoms with Crippen LogP contribution in [0.2, 0.25) is 0 Å². The van der Waals surface area contributed by atoms with Gasteiger partial charge in [-0.3, -0.25) is 14.5 Å². The Hall–Kier alpha value is -1.96. The second kappa shape index (κ2) is 10.8. The minimum atomic E-state index is -0.491. The summed E-state index contributed by atoms with van der Waals surface area (Å²) in [7, 11) is 0. The zero-order valence-corrected chi connectivity index (χ0v) is 14.7. The molecule has 0 aliphatic carbocycles. The van der Waals surface area contributed by atoms with Crippen molar-refractivity contribution < 1.29 is 14.3 Å². The quantitative estimate of drug-likeness (QED) is 0.555. The van der Waals surface area contributed by atoms with Crippen LogP contribution in [0.25, 0.3) is 0 Å². The number of morpholine rings is 1. The van der Waals surface area contributed by atoms with Crippen LogP contribution in [0.3, 0.4) is 0 Å². The number of nitrogens with two attached hydrogens (primary N) is 1. The van der Waals surface area contributed by atoms with Gasteiger partial charge in [0, 0.05) is 32.7 Å². The molecule has 1 aromatic rings. The normalized spacial score (nSPS) is 15.0. The Morgan fingerprint density at radius 1 is 1.20 bits per heavy atom. The van der Waals surface area contributed by atoms with E-state index in [-0.39, 0.29) is 19.0 Å². The summed E-state index contributed by atoms with van der Waals surface area (Å²) in [6.07, 6.45) is 0.702. The van der Waals surface area contributed by atoms with Gasteiger partial charge in [0.25, 0.3) is 0 Å². The van der Waals surface area contributed by atoms with Crippen LogP contribution in [-0.4, -0.2) is 80.6 Å². The molecule has 0 spiro atoms. The Morgan fingerprint density at radius 2 is 1.92 bits per heavy atom.